The smallest absolute Gasteiger partial charge is 0.182 e. The van der Waals surface area contributed by atoms with Gasteiger partial charge in [0.2, 0.25) is 0 Å². The summed E-state index contributed by atoms with van der Waals surface area (Å²) in [6, 6.07) is 72.6. The number of para-hydroxylation sites is 1. The van der Waals surface area contributed by atoms with E-state index in [1.807, 2.05) is 0 Å². The Kier molecular flexibility index (Phi) is 6.05. The van der Waals surface area contributed by atoms with E-state index < -0.39 is 13.5 Å². The fraction of sp³-hybridized carbons (Fsp3) is 0.0545. The van der Waals surface area contributed by atoms with Gasteiger partial charge < -0.3 is 4.90 Å². The van der Waals surface area contributed by atoms with Crippen molar-refractivity contribution in [1.82, 2.24) is 0 Å². The number of rotatable bonds is 1. The molecule has 1 nitrogen and oxygen atoms in total. The number of hydrogen-bond acceptors (Lipinski definition) is 1. The monoisotopic (exact) mass is 739 g/mol. The van der Waals surface area contributed by atoms with E-state index >= 15 is 0 Å². The predicted octanol–water partition coefficient (Wildman–Crippen LogP) is 10.9. The van der Waals surface area contributed by atoms with Gasteiger partial charge >= 0.3 is 0 Å². The quantitative estimate of drug-likeness (QED) is 0.152. The van der Waals surface area contributed by atoms with Crippen LogP contribution in [0.15, 0.2) is 188 Å². The van der Waals surface area contributed by atoms with Crippen LogP contribution in [0.5, 0.6) is 0 Å². The van der Waals surface area contributed by atoms with Crippen LogP contribution < -0.4 is 25.6 Å². The highest BCUT2D eigenvalue weighted by Crippen LogP contribution is 2.64. The van der Waals surface area contributed by atoms with Crippen molar-refractivity contribution < 1.29 is 0 Å². The van der Waals surface area contributed by atoms with Crippen molar-refractivity contribution >= 4 is 56.7 Å². The minimum atomic E-state index is -2.65. The van der Waals surface area contributed by atoms with Gasteiger partial charge in [-0.15, -0.1) is 0 Å². The predicted molar refractivity (Wildman–Crippen MR) is 241 cm³/mol. The van der Waals surface area contributed by atoms with Crippen LogP contribution in [0.25, 0.3) is 44.2 Å². The van der Waals surface area contributed by atoms with Gasteiger partial charge in [-0.2, -0.15) is 0 Å². The van der Waals surface area contributed by atoms with E-state index in [0.717, 1.165) is 0 Å². The Balaban J connectivity index is 1.16. The molecule has 9 aromatic rings. The average Bonchev–Trinajstić information content (AvgIpc) is 3.83. The molecule has 2 heteroatoms. The number of aryl methyl sites for hydroxylation is 2. The summed E-state index contributed by atoms with van der Waals surface area (Å²) < 4.78 is 0. The maximum atomic E-state index is 2.62. The summed E-state index contributed by atoms with van der Waals surface area (Å²) in [5.74, 6) is 0. The van der Waals surface area contributed by atoms with Gasteiger partial charge in [0, 0.05) is 11.1 Å². The third kappa shape index (κ3) is 3.71. The lowest BCUT2D eigenvalue weighted by Gasteiger charge is -2.46. The lowest BCUT2D eigenvalue weighted by Crippen LogP contribution is -2.70. The van der Waals surface area contributed by atoms with Crippen LogP contribution in [0.2, 0.25) is 0 Å². The van der Waals surface area contributed by atoms with Crippen LogP contribution in [0.1, 0.15) is 33.4 Å². The molecule has 9 aromatic carbocycles. The summed E-state index contributed by atoms with van der Waals surface area (Å²) >= 11 is 0. The zero-order valence-corrected chi connectivity index (χ0v) is 32.8. The summed E-state index contributed by atoms with van der Waals surface area (Å²) in [5.41, 5.74) is 19.4. The summed E-state index contributed by atoms with van der Waals surface area (Å²) in [6.45, 7) is 4.48. The minimum absolute atomic E-state index is 0.485. The van der Waals surface area contributed by atoms with E-state index in [9.17, 15) is 0 Å². The van der Waals surface area contributed by atoms with Crippen LogP contribution in [0.3, 0.4) is 0 Å². The fourth-order valence-electron chi connectivity index (χ4n) is 11.7. The molecule has 0 saturated heterocycles. The molecule has 0 saturated carbocycles. The second kappa shape index (κ2) is 11.0. The average molecular weight is 740 g/mol. The molecule has 2 spiro atoms. The molecule has 57 heavy (non-hydrogen) atoms. The van der Waals surface area contributed by atoms with Crippen LogP contribution in [0.4, 0.5) is 17.1 Å². The zero-order chi connectivity index (χ0) is 37.6. The summed E-state index contributed by atoms with van der Waals surface area (Å²) in [4.78, 5) is 2.62. The van der Waals surface area contributed by atoms with Crippen molar-refractivity contribution in [2.75, 3.05) is 4.90 Å². The lowest BCUT2D eigenvalue weighted by atomic mass is 9.64. The first-order chi connectivity index (χ1) is 28.1. The molecule has 0 radical (unpaired) electrons. The van der Waals surface area contributed by atoms with Gasteiger partial charge in [0.25, 0.3) is 0 Å². The number of fused-ring (bicyclic) bond motifs is 21. The molecule has 0 fully saturated rings. The Morgan fingerprint density at radius 2 is 0.912 bits per heavy atom. The highest BCUT2D eigenvalue weighted by molar-refractivity contribution is 7.24. The molecular weight excluding hydrogens is 703 g/mol. The molecule has 0 bridgehead atoms. The van der Waals surface area contributed by atoms with E-state index in [2.05, 4.69) is 207 Å². The normalized spacial score (nSPS) is 15.1. The highest BCUT2D eigenvalue weighted by Gasteiger charge is 2.55. The van der Waals surface area contributed by atoms with Crippen molar-refractivity contribution in [3.05, 3.63) is 221 Å². The summed E-state index contributed by atoms with van der Waals surface area (Å²) in [7, 11) is -2.65. The van der Waals surface area contributed by atoms with Gasteiger partial charge in [0.15, 0.2) is 8.07 Å². The van der Waals surface area contributed by atoms with Gasteiger partial charge in [0.05, 0.1) is 16.8 Å². The molecule has 4 aliphatic rings. The fourth-order valence-corrected chi connectivity index (χ4v) is 17.3. The largest absolute Gasteiger partial charge is 0.309 e. The van der Waals surface area contributed by atoms with E-state index in [4.69, 9.17) is 0 Å². The van der Waals surface area contributed by atoms with E-state index in [-0.39, 0.29) is 0 Å². The van der Waals surface area contributed by atoms with E-state index in [1.54, 1.807) is 0 Å². The Labute approximate surface area is 334 Å². The maximum absolute atomic E-state index is 2.65. The topological polar surface area (TPSA) is 3.24 Å². The summed E-state index contributed by atoms with van der Waals surface area (Å²) in [5, 5.41) is 8.52. The third-order valence-corrected chi connectivity index (χ3v) is 18.7. The third-order valence-electron chi connectivity index (χ3n) is 13.8. The minimum Gasteiger partial charge on any atom is -0.309 e. The van der Waals surface area contributed by atoms with Crippen LogP contribution in [0, 0.1) is 13.8 Å². The summed E-state index contributed by atoms with van der Waals surface area (Å²) in [6.07, 6.45) is 0. The number of anilines is 3. The van der Waals surface area contributed by atoms with E-state index in [1.165, 1.54) is 115 Å². The van der Waals surface area contributed by atoms with Crippen molar-refractivity contribution in [3.63, 3.8) is 0 Å². The standard InChI is InChI=1S/C55H37NSi/c1-34-23-27-39-40-28-24-35(2)32-48(40)55(47(39)31-34)45-18-8-9-19-49(45)56(54-38-14-4-3-13-36(38)25-30-46(54)55)37-26-29-44-43-17-7-12-22-52(43)57(53(44)33-37)50-20-10-5-15-41(50)42-16-6-11-21-51(42)57/h3-33H,1-2H3. The molecule has 13 rings (SSSR count). The van der Waals surface area contributed by atoms with E-state index in [0.29, 0.717) is 0 Å². The SMILES string of the molecule is Cc1ccc2c(c1)C1(c3cc(C)ccc3-2)c2ccccc2N(c2ccc3c(c2)[Si]2(c4ccccc4-c4ccccc42)c2ccccc2-3)c2c1ccc1ccccc21. The maximum Gasteiger partial charge on any atom is 0.182 e. The lowest BCUT2D eigenvalue weighted by molar-refractivity contribution is 0.753. The van der Waals surface area contributed by atoms with Crippen molar-refractivity contribution in [3.8, 4) is 33.4 Å². The number of benzene rings is 9. The van der Waals surface area contributed by atoms with Crippen LogP contribution in [-0.4, -0.2) is 8.07 Å². The van der Waals surface area contributed by atoms with Gasteiger partial charge in [-0.3, -0.25) is 0 Å². The molecule has 0 aromatic heterocycles. The van der Waals surface area contributed by atoms with Gasteiger partial charge in [0.1, 0.15) is 0 Å². The Morgan fingerprint density at radius 3 is 1.56 bits per heavy atom. The Bertz CT molecular complexity index is 3130. The van der Waals surface area contributed by atoms with Gasteiger partial charge in [-0.05, 0) is 114 Å². The second-order valence-electron chi connectivity index (χ2n) is 16.5. The highest BCUT2D eigenvalue weighted by atomic mass is 28.3. The van der Waals surface area contributed by atoms with Gasteiger partial charge in [-0.1, -0.05) is 181 Å². The van der Waals surface area contributed by atoms with Crippen molar-refractivity contribution in [1.29, 1.82) is 0 Å². The van der Waals surface area contributed by atoms with Gasteiger partial charge in [-0.25, -0.2) is 0 Å². The molecule has 0 N–H and O–H groups in total. The van der Waals surface area contributed by atoms with Crippen LogP contribution >= 0.6 is 0 Å². The first-order valence-electron chi connectivity index (χ1n) is 20.2. The molecule has 0 amide bonds. The first kappa shape index (κ1) is 31.5. The zero-order valence-electron chi connectivity index (χ0n) is 31.8. The molecule has 3 aliphatic heterocycles. The van der Waals surface area contributed by atoms with Crippen molar-refractivity contribution in [2.24, 2.45) is 0 Å². The Hall–Kier alpha value is -6.74. The molecule has 0 atom stereocenters. The number of nitrogens with zero attached hydrogens (tertiary/aromatic N) is 1. The number of hydrogen-bond donors (Lipinski definition) is 0. The molecule has 0 unspecified atom stereocenters. The second-order valence-corrected chi connectivity index (χ2v) is 20.2. The first-order valence-corrected chi connectivity index (χ1v) is 22.2. The van der Waals surface area contributed by atoms with Crippen molar-refractivity contribution in [2.45, 2.75) is 19.3 Å². The molecule has 3 heterocycles. The molecular formula is C55H37NSi. The molecule has 266 valence electrons. The van der Waals surface area contributed by atoms with Crippen LogP contribution in [-0.2, 0) is 5.41 Å². The Morgan fingerprint density at radius 1 is 0.386 bits per heavy atom. The molecule has 1 aliphatic carbocycles.